The Morgan fingerprint density at radius 3 is 2.60 bits per heavy atom. The smallest absolute Gasteiger partial charge is 0.0897 e. The predicted octanol–water partition coefficient (Wildman–Crippen LogP) is -0.598. The first kappa shape index (κ1) is 7.98. The van der Waals surface area contributed by atoms with Crippen molar-refractivity contribution in [2.45, 2.75) is 18.9 Å². The lowest BCUT2D eigenvalue weighted by molar-refractivity contribution is -0.0977. The number of β-amino-alcohol motifs (C(OH)–C–C–N with tert-alkyl or cyclic N) is 1. The second kappa shape index (κ2) is 2.86. The number of hydrogen-bond acceptors (Lipinski definition) is 3. The lowest BCUT2D eigenvalue weighted by atomic mass is 9.91. The first-order valence-corrected chi connectivity index (χ1v) is 3.85. The van der Waals surface area contributed by atoms with E-state index in [-0.39, 0.29) is 0 Å². The van der Waals surface area contributed by atoms with Gasteiger partial charge in [-0.25, -0.2) is 0 Å². The topological polar surface area (TPSA) is 49.5 Å². The molecule has 0 amide bonds. The molecule has 0 bridgehead atoms. The lowest BCUT2D eigenvalue weighted by Gasteiger charge is -2.46. The van der Waals surface area contributed by atoms with E-state index in [0.717, 1.165) is 26.1 Å². The fourth-order valence-electron chi connectivity index (χ4n) is 1.35. The normalized spacial score (nSPS) is 24.3. The minimum absolute atomic E-state index is 0.394. The predicted molar refractivity (Wildman–Crippen MR) is 40.7 cm³/mol. The number of rotatable bonds is 3. The van der Waals surface area contributed by atoms with Crippen molar-refractivity contribution in [3.05, 3.63) is 0 Å². The van der Waals surface area contributed by atoms with Gasteiger partial charge in [-0.05, 0) is 6.42 Å². The Morgan fingerprint density at radius 2 is 2.20 bits per heavy atom. The maximum absolute atomic E-state index is 9.53. The van der Waals surface area contributed by atoms with Crippen molar-refractivity contribution < 1.29 is 5.11 Å². The Bertz CT molecular complexity index is 110. The molecule has 60 valence electrons. The van der Waals surface area contributed by atoms with Gasteiger partial charge >= 0.3 is 0 Å². The largest absolute Gasteiger partial charge is 0.387 e. The molecule has 0 aromatic heterocycles. The summed E-state index contributed by atoms with van der Waals surface area (Å²) in [5, 5.41) is 9.53. The van der Waals surface area contributed by atoms with Crippen molar-refractivity contribution in [3.63, 3.8) is 0 Å². The molecule has 0 unspecified atom stereocenters. The van der Waals surface area contributed by atoms with Crippen molar-refractivity contribution in [3.8, 4) is 0 Å². The zero-order valence-electron chi connectivity index (χ0n) is 6.51. The van der Waals surface area contributed by atoms with Gasteiger partial charge in [-0.2, -0.15) is 0 Å². The van der Waals surface area contributed by atoms with E-state index in [9.17, 15) is 5.11 Å². The average molecular weight is 144 g/mol. The number of nitrogens with zero attached hydrogens (tertiary/aromatic N) is 1. The van der Waals surface area contributed by atoms with Crippen molar-refractivity contribution in [1.82, 2.24) is 4.90 Å². The minimum atomic E-state index is -0.394. The first-order valence-electron chi connectivity index (χ1n) is 3.85. The van der Waals surface area contributed by atoms with Crippen LogP contribution in [0.25, 0.3) is 0 Å². The summed E-state index contributed by atoms with van der Waals surface area (Å²) in [6, 6.07) is 0. The second-order valence-corrected chi connectivity index (χ2v) is 3.08. The summed E-state index contributed by atoms with van der Waals surface area (Å²) in [7, 11) is 0. The van der Waals surface area contributed by atoms with Gasteiger partial charge in [0.1, 0.15) is 0 Å². The second-order valence-electron chi connectivity index (χ2n) is 3.08. The fourth-order valence-corrected chi connectivity index (χ4v) is 1.35. The maximum atomic E-state index is 9.53. The van der Waals surface area contributed by atoms with Gasteiger partial charge in [0.05, 0.1) is 5.60 Å². The van der Waals surface area contributed by atoms with Crippen LogP contribution in [0.15, 0.2) is 0 Å². The molecule has 1 rings (SSSR count). The van der Waals surface area contributed by atoms with Gasteiger partial charge < -0.3 is 10.8 Å². The van der Waals surface area contributed by atoms with Crippen LogP contribution in [0, 0.1) is 0 Å². The molecule has 3 heteroatoms. The van der Waals surface area contributed by atoms with Gasteiger partial charge in [-0.1, -0.05) is 6.92 Å². The Labute approximate surface area is 61.8 Å². The van der Waals surface area contributed by atoms with E-state index in [4.69, 9.17) is 5.73 Å². The van der Waals surface area contributed by atoms with Crippen LogP contribution >= 0.6 is 0 Å². The third-order valence-electron chi connectivity index (χ3n) is 2.14. The van der Waals surface area contributed by atoms with Crippen LogP contribution in [0.5, 0.6) is 0 Å². The first-order chi connectivity index (χ1) is 4.70. The van der Waals surface area contributed by atoms with Crippen molar-refractivity contribution in [2.24, 2.45) is 5.73 Å². The lowest BCUT2D eigenvalue weighted by Crippen LogP contribution is -2.62. The summed E-state index contributed by atoms with van der Waals surface area (Å²) in [6.07, 6.45) is 0.855. The molecular weight excluding hydrogens is 128 g/mol. The van der Waals surface area contributed by atoms with Crippen LogP contribution in [0.2, 0.25) is 0 Å². The Hall–Kier alpha value is -0.120. The van der Waals surface area contributed by atoms with E-state index in [2.05, 4.69) is 4.90 Å². The van der Waals surface area contributed by atoms with Gasteiger partial charge in [-0.15, -0.1) is 0 Å². The van der Waals surface area contributed by atoms with Crippen LogP contribution in [-0.4, -0.2) is 41.8 Å². The molecule has 1 heterocycles. The Kier molecular flexibility index (Phi) is 2.28. The summed E-state index contributed by atoms with van der Waals surface area (Å²) >= 11 is 0. The maximum Gasteiger partial charge on any atom is 0.0897 e. The average Bonchev–Trinajstić information content (AvgIpc) is 1.85. The monoisotopic (exact) mass is 144 g/mol. The highest BCUT2D eigenvalue weighted by molar-refractivity contribution is 4.93. The molecule has 0 saturated carbocycles. The van der Waals surface area contributed by atoms with Gasteiger partial charge in [0.15, 0.2) is 0 Å². The van der Waals surface area contributed by atoms with Crippen LogP contribution < -0.4 is 5.73 Å². The molecular formula is C7H16N2O. The molecule has 0 spiro atoms. The molecule has 0 aromatic carbocycles. The molecule has 0 aliphatic carbocycles. The highest BCUT2D eigenvalue weighted by Crippen LogP contribution is 2.22. The number of aliphatic hydroxyl groups is 1. The SMILES string of the molecule is CCC1(O)CN(CCN)C1. The summed E-state index contributed by atoms with van der Waals surface area (Å²) in [5.74, 6) is 0. The molecule has 0 aromatic rings. The highest BCUT2D eigenvalue weighted by atomic mass is 16.3. The highest BCUT2D eigenvalue weighted by Gasteiger charge is 2.38. The van der Waals surface area contributed by atoms with E-state index in [1.165, 1.54) is 0 Å². The zero-order valence-corrected chi connectivity index (χ0v) is 6.51. The van der Waals surface area contributed by atoms with Crippen LogP contribution in [0.4, 0.5) is 0 Å². The molecule has 1 aliphatic heterocycles. The van der Waals surface area contributed by atoms with Crippen LogP contribution in [0.3, 0.4) is 0 Å². The summed E-state index contributed by atoms with van der Waals surface area (Å²) in [4.78, 5) is 2.17. The standard InChI is InChI=1S/C7H16N2O/c1-2-7(10)5-9(6-7)4-3-8/h10H,2-6,8H2,1H3. The molecule has 1 fully saturated rings. The third kappa shape index (κ3) is 1.48. The van der Waals surface area contributed by atoms with Crippen LogP contribution in [-0.2, 0) is 0 Å². The minimum Gasteiger partial charge on any atom is -0.387 e. The fraction of sp³-hybridized carbons (Fsp3) is 1.00. The van der Waals surface area contributed by atoms with E-state index in [0.29, 0.717) is 6.54 Å². The molecule has 3 N–H and O–H groups in total. The summed E-state index contributed by atoms with van der Waals surface area (Å²) < 4.78 is 0. The van der Waals surface area contributed by atoms with Gasteiger partial charge in [0.2, 0.25) is 0 Å². The Morgan fingerprint density at radius 1 is 1.60 bits per heavy atom. The van der Waals surface area contributed by atoms with E-state index in [1.54, 1.807) is 0 Å². The molecule has 0 radical (unpaired) electrons. The van der Waals surface area contributed by atoms with E-state index in [1.807, 2.05) is 6.92 Å². The van der Waals surface area contributed by atoms with Crippen molar-refractivity contribution in [2.75, 3.05) is 26.2 Å². The molecule has 1 saturated heterocycles. The van der Waals surface area contributed by atoms with E-state index < -0.39 is 5.60 Å². The summed E-state index contributed by atoms with van der Waals surface area (Å²) in [5.41, 5.74) is 4.95. The number of likely N-dealkylation sites (tertiary alicyclic amines) is 1. The molecule has 10 heavy (non-hydrogen) atoms. The van der Waals surface area contributed by atoms with Gasteiger partial charge in [0.25, 0.3) is 0 Å². The third-order valence-corrected chi connectivity index (χ3v) is 2.14. The summed E-state index contributed by atoms with van der Waals surface area (Å²) in [6.45, 7) is 5.24. The van der Waals surface area contributed by atoms with Gasteiger partial charge in [0, 0.05) is 26.2 Å². The molecule has 0 atom stereocenters. The van der Waals surface area contributed by atoms with Crippen molar-refractivity contribution in [1.29, 1.82) is 0 Å². The number of nitrogens with two attached hydrogens (primary N) is 1. The molecule has 1 aliphatic rings. The Balaban J connectivity index is 2.16. The zero-order chi connectivity index (χ0) is 7.61. The van der Waals surface area contributed by atoms with Crippen LogP contribution in [0.1, 0.15) is 13.3 Å². The number of hydrogen-bond donors (Lipinski definition) is 2. The molecule has 3 nitrogen and oxygen atoms in total. The van der Waals surface area contributed by atoms with Crippen molar-refractivity contribution >= 4 is 0 Å². The van der Waals surface area contributed by atoms with E-state index >= 15 is 0 Å². The van der Waals surface area contributed by atoms with Gasteiger partial charge in [-0.3, -0.25) is 4.90 Å². The quantitative estimate of drug-likeness (QED) is 0.556.